The predicted molar refractivity (Wildman–Crippen MR) is 97.7 cm³/mol. The number of hydrogen-bond donors (Lipinski definition) is 1. The van der Waals surface area contributed by atoms with Gasteiger partial charge >= 0.3 is 0 Å². The molecule has 4 heteroatoms. The molecule has 0 saturated heterocycles. The van der Waals surface area contributed by atoms with E-state index in [0.29, 0.717) is 23.7 Å². The molecule has 0 fully saturated rings. The van der Waals surface area contributed by atoms with E-state index in [1.54, 1.807) is 12.1 Å². The number of hydrogen-bond acceptors (Lipinski definition) is 3. The molecule has 3 rings (SSSR count). The predicted octanol–water partition coefficient (Wildman–Crippen LogP) is 4.04. The Bertz CT molecular complexity index is 861. The number of rotatable bonds is 6. The first kappa shape index (κ1) is 16.6. The number of methoxy groups -OCH3 is 1. The van der Waals surface area contributed by atoms with Crippen LogP contribution in [0.3, 0.4) is 0 Å². The van der Waals surface area contributed by atoms with E-state index in [2.05, 4.69) is 0 Å². The lowest BCUT2D eigenvalue weighted by atomic mass is 9.98. The largest absolute Gasteiger partial charge is 0.493 e. The summed E-state index contributed by atoms with van der Waals surface area (Å²) >= 11 is 0. The second kappa shape index (κ2) is 7.53. The van der Waals surface area contributed by atoms with Crippen LogP contribution in [0.15, 0.2) is 72.8 Å². The van der Waals surface area contributed by atoms with Crippen LogP contribution >= 0.6 is 0 Å². The third-order valence-corrected chi connectivity index (χ3v) is 3.89. The first-order valence-corrected chi connectivity index (χ1v) is 7.93. The molecule has 0 aliphatic rings. The molecule has 0 aliphatic carbocycles. The molecule has 2 N–H and O–H groups in total. The minimum atomic E-state index is -0.508. The number of carbonyl (C=O) groups is 1. The fraction of sp³-hybridized carbons (Fsp3) is 0.0952. The molecule has 0 aliphatic heterocycles. The Morgan fingerprint density at radius 2 is 1.56 bits per heavy atom. The first-order chi connectivity index (χ1) is 12.2. The van der Waals surface area contributed by atoms with Crippen LogP contribution in [0.5, 0.6) is 11.5 Å². The van der Waals surface area contributed by atoms with Gasteiger partial charge in [0, 0.05) is 0 Å². The van der Waals surface area contributed by atoms with Gasteiger partial charge < -0.3 is 15.2 Å². The fourth-order valence-electron chi connectivity index (χ4n) is 2.63. The maximum atomic E-state index is 11.9. The summed E-state index contributed by atoms with van der Waals surface area (Å²) in [7, 11) is 1.54. The van der Waals surface area contributed by atoms with Crippen molar-refractivity contribution < 1.29 is 14.3 Å². The molecule has 0 heterocycles. The summed E-state index contributed by atoms with van der Waals surface area (Å²) < 4.78 is 11.3. The number of primary amides is 1. The Balaban J connectivity index is 2.01. The average Bonchev–Trinajstić information content (AvgIpc) is 2.67. The van der Waals surface area contributed by atoms with Crippen molar-refractivity contribution in [3.8, 4) is 22.6 Å². The second-order valence-corrected chi connectivity index (χ2v) is 5.55. The van der Waals surface area contributed by atoms with Gasteiger partial charge in [0.25, 0.3) is 0 Å². The molecule has 0 aromatic heterocycles. The Kier molecular flexibility index (Phi) is 5.00. The summed E-state index contributed by atoms with van der Waals surface area (Å²) in [4.78, 5) is 11.9. The number of nitrogens with two attached hydrogens (primary N) is 1. The lowest BCUT2D eigenvalue weighted by Gasteiger charge is -2.15. The van der Waals surface area contributed by atoms with Crippen molar-refractivity contribution in [3.63, 3.8) is 0 Å². The highest BCUT2D eigenvalue weighted by Crippen LogP contribution is 2.36. The van der Waals surface area contributed by atoms with E-state index >= 15 is 0 Å². The van der Waals surface area contributed by atoms with Gasteiger partial charge in [-0.25, -0.2) is 0 Å². The van der Waals surface area contributed by atoms with Crippen molar-refractivity contribution in [2.24, 2.45) is 5.73 Å². The molecule has 0 atom stereocenters. The minimum Gasteiger partial charge on any atom is -0.493 e. The quantitative estimate of drug-likeness (QED) is 0.740. The molecule has 0 spiro atoms. The van der Waals surface area contributed by atoms with E-state index < -0.39 is 5.91 Å². The molecular formula is C21H19NO3. The summed E-state index contributed by atoms with van der Waals surface area (Å²) in [6, 6.07) is 22.9. The zero-order chi connectivity index (χ0) is 17.6. The number of carbonyl (C=O) groups excluding carboxylic acids is 1. The van der Waals surface area contributed by atoms with Crippen molar-refractivity contribution in [3.05, 3.63) is 83.9 Å². The highest BCUT2D eigenvalue weighted by atomic mass is 16.5. The van der Waals surface area contributed by atoms with E-state index in [1.807, 2.05) is 60.7 Å². The molecule has 0 saturated carbocycles. The van der Waals surface area contributed by atoms with Gasteiger partial charge in [-0.1, -0.05) is 60.7 Å². The van der Waals surface area contributed by atoms with Gasteiger partial charge in [-0.15, -0.1) is 0 Å². The standard InChI is InChI=1S/C21H19NO3/c1-24-19-13-18(21(22)23)17(16-10-6-3-7-11-16)12-20(19)25-14-15-8-4-2-5-9-15/h2-13H,14H2,1H3,(H2,22,23). The topological polar surface area (TPSA) is 61.5 Å². The first-order valence-electron chi connectivity index (χ1n) is 7.93. The summed E-state index contributed by atoms with van der Waals surface area (Å²) in [6.07, 6.45) is 0. The third-order valence-electron chi connectivity index (χ3n) is 3.89. The Labute approximate surface area is 146 Å². The molecule has 4 nitrogen and oxygen atoms in total. The van der Waals surface area contributed by atoms with Gasteiger partial charge in [0.15, 0.2) is 11.5 Å². The number of ether oxygens (including phenoxy) is 2. The highest BCUT2D eigenvalue weighted by Gasteiger charge is 2.16. The molecule has 126 valence electrons. The molecule has 0 radical (unpaired) electrons. The van der Waals surface area contributed by atoms with Crippen molar-refractivity contribution in [2.75, 3.05) is 7.11 Å². The smallest absolute Gasteiger partial charge is 0.249 e. The van der Waals surface area contributed by atoms with Crippen LogP contribution in [0.2, 0.25) is 0 Å². The minimum absolute atomic E-state index is 0.398. The zero-order valence-electron chi connectivity index (χ0n) is 13.9. The Morgan fingerprint density at radius 3 is 2.16 bits per heavy atom. The van der Waals surface area contributed by atoms with Crippen LogP contribution in [0.25, 0.3) is 11.1 Å². The van der Waals surface area contributed by atoms with Gasteiger partial charge in [-0.2, -0.15) is 0 Å². The van der Waals surface area contributed by atoms with Crippen molar-refractivity contribution in [1.82, 2.24) is 0 Å². The van der Waals surface area contributed by atoms with E-state index in [4.69, 9.17) is 15.2 Å². The normalized spacial score (nSPS) is 10.3. The van der Waals surface area contributed by atoms with Crippen LogP contribution in [-0.2, 0) is 6.61 Å². The van der Waals surface area contributed by atoms with E-state index in [1.165, 1.54) is 7.11 Å². The van der Waals surface area contributed by atoms with E-state index in [9.17, 15) is 4.79 Å². The van der Waals surface area contributed by atoms with Crippen LogP contribution in [-0.4, -0.2) is 13.0 Å². The van der Waals surface area contributed by atoms with Gasteiger partial charge in [0.05, 0.1) is 12.7 Å². The SMILES string of the molecule is COc1cc(C(N)=O)c(-c2ccccc2)cc1OCc1ccccc1. The van der Waals surface area contributed by atoms with Gasteiger partial charge in [0.1, 0.15) is 6.61 Å². The molecular weight excluding hydrogens is 314 g/mol. The van der Waals surface area contributed by atoms with E-state index in [0.717, 1.165) is 16.7 Å². The third kappa shape index (κ3) is 3.80. The molecule has 0 bridgehead atoms. The second-order valence-electron chi connectivity index (χ2n) is 5.55. The number of benzene rings is 3. The van der Waals surface area contributed by atoms with Crippen molar-refractivity contribution in [2.45, 2.75) is 6.61 Å². The number of amides is 1. The summed E-state index contributed by atoms with van der Waals surface area (Å²) in [5.41, 5.74) is 8.61. The maximum Gasteiger partial charge on any atom is 0.249 e. The summed E-state index contributed by atoms with van der Waals surface area (Å²) in [5.74, 6) is 0.534. The monoisotopic (exact) mass is 333 g/mol. The summed E-state index contributed by atoms with van der Waals surface area (Å²) in [6.45, 7) is 0.404. The lowest BCUT2D eigenvalue weighted by molar-refractivity contribution is 0.100. The molecule has 3 aromatic carbocycles. The van der Waals surface area contributed by atoms with Crippen LogP contribution in [0.1, 0.15) is 15.9 Å². The fourth-order valence-corrected chi connectivity index (χ4v) is 2.63. The molecule has 1 amide bonds. The molecule has 25 heavy (non-hydrogen) atoms. The van der Waals surface area contributed by atoms with Gasteiger partial charge in [0.2, 0.25) is 5.91 Å². The van der Waals surface area contributed by atoms with E-state index in [-0.39, 0.29) is 0 Å². The van der Waals surface area contributed by atoms with Crippen LogP contribution < -0.4 is 15.2 Å². The van der Waals surface area contributed by atoms with Crippen molar-refractivity contribution in [1.29, 1.82) is 0 Å². The van der Waals surface area contributed by atoms with Gasteiger partial charge in [-0.3, -0.25) is 4.79 Å². The molecule has 0 unspecified atom stereocenters. The van der Waals surface area contributed by atoms with Gasteiger partial charge in [-0.05, 0) is 28.8 Å². The molecule has 3 aromatic rings. The van der Waals surface area contributed by atoms with Crippen molar-refractivity contribution >= 4 is 5.91 Å². The maximum absolute atomic E-state index is 11.9. The van der Waals surface area contributed by atoms with Crippen LogP contribution in [0, 0.1) is 0 Å². The highest BCUT2D eigenvalue weighted by molar-refractivity contribution is 6.00. The zero-order valence-corrected chi connectivity index (χ0v) is 13.9. The lowest BCUT2D eigenvalue weighted by Crippen LogP contribution is -2.13. The Morgan fingerprint density at radius 1 is 0.920 bits per heavy atom. The average molecular weight is 333 g/mol. The van der Waals surface area contributed by atoms with Crippen LogP contribution in [0.4, 0.5) is 0 Å². The Hall–Kier alpha value is -3.27. The summed E-state index contributed by atoms with van der Waals surface area (Å²) in [5, 5.41) is 0.